The van der Waals surface area contributed by atoms with Crippen LogP contribution in [0, 0.1) is 0 Å². The Morgan fingerprint density at radius 2 is 1.94 bits per heavy atom. The second-order valence-electron chi connectivity index (χ2n) is 2.81. The molecular formula is C10H11N3O3. The number of methoxy groups -OCH3 is 1. The third-order valence-corrected chi connectivity index (χ3v) is 1.84. The normalized spacial score (nSPS) is 10.7. The number of carbonyl (C=O) groups is 2. The summed E-state index contributed by atoms with van der Waals surface area (Å²) in [6.07, 6.45) is 0.412. The molecule has 0 saturated heterocycles. The summed E-state index contributed by atoms with van der Waals surface area (Å²) in [6, 6.07) is 6.34. The zero-order valence-corrected chi connectivity index (χ0v) is 8.64. The van der Waals surface area contributed by atoms with E-state index < -0.39 is 5.97 Å². The predicted octanol–water partition coefficient (Wildman–Crippen LogP) is -0.161. The van der Waals surface area contributed by atoms with Gasteiger partial charge in [-0.1, -0.05) is 12.1 Å². The lowest BCUT2D eigenvalue weighted by molar-refractivity contribution is -0.109. The summed E-state index contributed by atoms with van der Waals surface area (Å²) in [7, 11) is 1.31. The van der Waals surface area contributed by atoms with Gasteiger partial charge in [0.05, 0.1) is 12.7 Å². The lowest BCUT2D eigenvalue weighted by atomic mass is 10.1. The van der Waals surface area contributed by atoms with Gasteiger partial charge in [0.2, 0.25) is 6.41 Å². The first kappa shape index (κ1) is 11.7. The number of nitrogens with zero attached hydrogens (tertiary/aromatic N) is 1. The van der Waals surface area contributed by atoms with Crippen molar-refractivity contribution in [3.8, 4) is 0 Å². The van der Waals surface area contributed by atoms with Crippen LogP contribution in [0.25, 0.3) is 0 Å². The van der Waals surface area contributed by atoms with Crippen LogP contribution >= 0.6 is 0 Å². The van der Waals surface area contributed by atoms with Crippen molar-refractivity contribution < 1.29 is 14.3 Å². The molecule has 3 N–H and O–H groups in total. The largest absolute Gasteiger partial charge is 0.465 e. The topological polar surface area (TPSA) is 93.8 Å². The summed E-state index contributed by atoms with van der Waals surface area (Å²) in [4.78, 5) is 21.1. The number of benzene rings is 1. The average molecular weight is 221 g/mol. The molecule has 16 heavy (non-hydrogen) atoms. The van der Waals surface area contributed by atoms with Crippen LogP contribution in [0.3, 0.4) is 0 Å². The molecule has 0 saturated carbocycles. The highest BCUT2D eigenvalue weighted by atomic mass is 16.5. The summed E-state index contributed by atoms with van der Waals surface area (Å²) in [6.45, 7) is 0. The SMILES string of the molecule is COC(=O)c1ccc(C(N)=NNC=O)cc1. The van der Waals surface area contributed by atoms with Crippen molar-refractivity contribution >= 4 is 18.2 Å². The maximum absolute atomic E-state index is 11.1. The van der Waals surface area contributed by atoms with Crippen molar-refractivity contribution in [2.45, 2.75) is 0 Å². The maximum Gasteiger partial charge on any atom is 0.337 e. The standard InChI is InChI=1S/C10H11N3O3/c1-16-10(15)8-4-2-7(3-5-8)9(11)13-12-6-14/h2-6H,1H3,(H2,11,13)(H,12,14). The van der Waals surface area contributed by atoms with Gasteiger partial charge in [-0.3, -0.25) is 4.79 Å². The van der Waals surface area contributed by atoms with Crippen LogP contribution in [-0.2, 0) is 9.53 Å². The van der Waals surface area contributed by atoms with Gasteiger partial charge in [0, 0.05) is 5.56 Å². The molecular weight excluding hydrogens is 210 g/mol. The van der Waals surface area contributed by atoms with Crippen molar-refractivity contribution in [3.63, 3.8) is 0 Å². The second kappa shape index (κ2) is 5.50. The molecule has 0 atom stereocenters. The molecule has 0 spiro atoms. The van der Waals surface area contributed by atoms with E-state index in [0.717, 1.165) is 0 Å². The van der Waals surface area contributed by atoms with Gasteiger partial charge in [-0.05, 0) is 12.1 Å². The molecule has 0 aliphatic rings. The van der Waals surface area contributed by atoms with Crippen LogP contribution < -0.4 is 11.2 Å². The number of amides is 1. The van der Waals surface area contributed by atoms with Crippen LogP contribution in [0.2, 0.25) is 0 Å². The van der Waals surface area contributed by atoms with Crippen molar-refractivity contribution in [3.05, 3.63) is 35.4 Å². The van der Waals surface area contributed by atoms with Crippen LogP contribution in [0.15, 0.2) is 29.4 Å². The molecule has 0 heterocycles. The van der Waals surface area contributed by atoms with Crippen LogP contribution in [0.1, 0.15) is 15.9 Å². The molecule has 1 amide bonds. The van der Waals surface area contributed by atoms with Crippen LogP contribution in [-0.4, -0.2) is 25.3 Å². The molecule has 0 aliphatic heterocycles. The van der Waals surface area contributed by atoms with Gasteiger partial charge in [0.15, 0.2) is 5.84 Å². The van der Waals surface area contributed by atoms with Crippen molar-refractivity contribution in [2.24, 2.45) is 10.8 Å². The van der Waals surface area contributed by atoms with Gasteiger partial charge in [-0.25, -0.2) is 10.2 Å². The van der Waals surface area contributed by atoms with Crippen molar-refractivity contribution in [1.82, 2.24) is 5.43 Å². The zero-order chi connectivity index (χ0) is 12.0. The zero-order valence-electron chi connectivity index (χ0n) is 8.64. The van der Waals surface area contributed by atoms with E-state index in [1.807, 2.05) is 0 Å². The van der Waals surface area contributed by atoms with Gasteiger partial charge in [0.25, 0.3) is 0 Å². The molecule has 1 rings (SSSR count). The van der Waals surface area contributed by atoms with Gasteiger partial charge >= 0.3 is 5.97 Å². The number of nitrogens with one attached hydrogen (secondary N) is 1. The third kappa shape index (κ3) is 2.81. The quantitative estimate of drug-likeness (QED) is 0.243. The number of nitrogens with two attached hydrogens (primary N) is 1. The lowest BCUT2D eigenvalue weighted by Gasteiger charge is -2.02. The first-order valence-electron chi connectivity index (χ1n) is 4.40. The van der Waals surface area contributed by atoms with E-state index in [2.05, 4.69) is 15.3 Å². The van der Waals surface area contributed by atoms with Crippen LogP contribution in [0.5, 0.6) is 0 Å². The summed E-state index contributed by atoms with van der Waals surface area (Å²) >= 11 is 0. The minimum Gasteiger partial charge on any atom is -0.465 e. The van der Waals surface area contributed by atoms with E-state index in [9.17, 15) is 9.59 Å². The van der Waals surface area contributed by atoms with Crippen molar-refractivity contribution in [2.75, 3.05) is 7.11 Å². The van der Waals surface area contributed by atoms with E-state index in [0.29, 0.717) is 17.5 Å². The summed E-state index contributed by atoms with van der Waals surface area (Å²) in [5, 5.41) is 3.57. The second-order valence-corrected chi connectivity index (χ2v) is 2.81. The molecule has 0 bridgehead atoms. The molecule has 1 aromatic rings. The average Bonchev–Trinajstić information content (AvgIpc) is 2.35. The number of carbonyl (C=O) groups excluding carboxylic acids is 2. The van der Waals surface area contributed by atoms with Gasteiger partial charge in [-0.15, -0.1) is 0 Å². The Hall–Kier alpha value is -2.37. The molecule has 6 nitrogen and oxygen atoms in total. The maximum atomic E-state index is 11.1. The van der Waals surface area contributed by atoms with E-state index in [4.69, 9.17) is 5.73 Å². The van der Waals surface area contributed by atoms with Gasteiger partial charge < -0.3 is 10.5 Å². The first-order chi connectivity index (χ1) is 7.69. The number of ether oxygens (including phenoxy) is 1. The number of hydrogen-bond acceptors (Lipinski definition) is 4. The number of amidine groups is 1. The number of esters is 1. The molecule has 0 aromatic heterocycles. The van der Waals surface area contributed by atoms with Crippen LogP contribution in [0.4, 0.5) is 0 Å². The molecule has 0 fully saturated rings. The molecule has 0 aliphatic carbocycles. The Bertz CT molecular complexity index is 412. The summed E-state index contributed by atoms with van der Waals surface area (Å²) in [5.74, 6) is -0.267. The van der Waals surface area contributed by atoms with E-state index >= 15 is 0 Å². The first-order valence-corrected chi connectivity index (χ1v) is 4.40. The minimum atomic E-state index is -0.423. The number of rotatable bonds is 4. The Morgan fingerprint density at radius 3 is 2.44 bits per heavy atom. The Kier molecular flexibility index (Phi) is 4.02. The smallest absolute Gasteiger partial charge is 0.337 e. The number of hydrazone groups is 1. The van der Waals surface area contributed by atoms with E-state index in [1.54, 1.807) is 24.3 Å². The Labute approximate surface area is 92.1 Å². The predicted molar refractivity (Wildman–Crippen MR) is 57.7 cm³/mol. The summed E-state index contributed by atoms with van der Waals surface area (Å²) in [5.41, 5.74) is 8.66. The highest BCUT2D eigenvalue weighted by Crippen LogP contribution is 2.05. The monoisotopic (exact) mass is 221 g/mol. The van der Waals surface area contributed by atoms with Gasteiger partial charge in [-0.2, -0.15) is 5.10 Å². The fraction of sp³-hybridized carbons (Fsp3) is 0.100. The lowest BCUT2D eigenvalue weighted by Crippen LogP contribution is -2.18. The summed E-state index contributed by atoms with van der Waals surface area (Å²) < 4.78 is 4.54. The molecule has 84 valence electrons. The molecule has 6 heteroatoms. The number of hydrogen-bond donors (Lipinski definition) is 2. The minimum absolute atomic E-state index is 0.156. The van der Waals surface area contributed by atoms with E-state index in [-0.39, 0.29) is 5.84 Å². The highest BCUT2D eigenvalue weighted by molar-refractivity contribution is 5.98. The van der Waals surface area contributed by atoms with Gasteiger partial charge in [0.1, 0.15) is 0 Å². The molecule has 1 aromatic carbocycles. The fourth-order valence-corrected chi connectivity index (χ4v) is 1.06. The molecule has 0 unspecified atom stereocenters. The fourth-order valence-electron chi connectivity index (χ4n) is 1.06. The third-order valence-electron chi connectivity index (χ3n) is 1.84. The molecule has 0 radical (unpaired) electrons. The van der Waals surface area contributed by atoms with Crippen molar-refractivity contribution in [1.29, 1.82) is 0 Å². The Balaban J connectivity index is 2.86. The Morgan fingerprint density at radius 1 is 1.38 bits per heavy atom. The van der Waals surface area contributed by atoms with E-state index in [1.165, 1.54) is 7.11 Å². The highest BCUT2D eigenvalue weighted by Gasteiger charge is 2.05.